The highest BCUT2D eigenvalue weighted by Gasteiger charge is 2.21. The predicted octanol–water partition coefficient (Wildman–Crippen LogP) is 2.73. The maximum absolute atomic E-state index is 6.20. The summed E-state index contributed by atoms with van der Waals surface area (Å²) in [6.45, 7) is 2.76. The monoisotopic (exact) mass is 303 g/mol. The molecule has 1 aromatic heterocycles. The minimum Gasteiger partial charge on any atom is -0.493 e. The molecule has 0 saturated heterocycles. The molecule has 3 N–H and O–H groups in total. The van der Waals surface area contributed by atoms with E-state index in [1.807, 2.05) is 31.2 Å². The van der Waals surface area contributed by atoms with Gasteiger partial charge in [0.05, 0.1) is 18.3 Å². The summed E-state index contributed by atoms with van der Waals surface area (Å²) < 4.78 is 5.74. The minimum atomic E-state index is -0.0725. The molecule has 1 unspecified atom stereocenters. The smallest absolute Gasteiger partial charge is 0.125 e. The molecule has 3 rings (SSSR count). The Morgan fingerprint density at radius 1 is 1.43 bits per heavy atom. The second kappa shape index (κ2) is 6.02. The van der Waals surface area contributed by atoms with Crippen LogP contribution in [0.3, 0.4) is 0 Å². The molecule has 0 amide bonds. The van der Waals surface area contributed by atoms with Crippen molar-refractivity contribution in [3.63, 3.8) is 0 Å². The molecule has 0 aliphatic carbocycles. The molecular weight excluding hydrogens is 286 g/mol. The molecule has 0 spiro atoms. The first-order chi connectivity index (χ1) is 10.2. The molecule has 4 nitrogen and oxygen atoms in total. The van der Waals surface area contributed by atoms with Crippen molar-refractivity contribution in [2.24, 2.45) is 5.84 Å². The molecule has 110 valence electrons. The predicted molar refractivity (Wildman–Crippen MR) is 83.4 cm³/mol. The zero-order valence-corrected chi connectivity index (χ0v) is 12.7. The molecule has 0 saturated carbocycles. The summed E-state index contributed by atoms with van der Waals surface area (Å²) in [6.07, 6.45) is 3.40. The summed E-state index contributed by atoms with van der Waals surface area (Å²) in [6, 6.07) is 7.86. The summed E-state index contributed by atoms with van der Waals surface area (Å²) in [7, 11) is 0. The first kappa shape index (κ1) is 14.3. The van der Waals surface area contributed by atoms with Gasteiger partial charge in [0.15, 0.2) is 0 Å². The Kier molecular flexibility index (Phi) is 4.10. The highest BCUT2D eigenvalue weighted by molar-refractivity contribution is 6.30. The number of nitrogens with zero attached hydrogens (tertiary/aromatic N) is 1. The second-order valence-corrected chi connectivity index (χ2v) is 5.77. The summed E-state index contributed by atoms with van der Waals surface area (Å²) in [5.74, 6) is 6.67. The molecule has 1 aliphatic heterocycles. The normalized spacial score (nSPS) is 14.6. The summed E-state index contributed by atoms with van der Waals surface area (Å²) in [5.41, 5.74) is 7.17. The van der Waals surface area contributed by atoms with Gasteiger partial charge in [-0.15, -0.1) is 0 Å². The van der Waals surface area contributed by atoms with Crippen molar-refractivity contribution in [1.82, 2.24) is 10.4 Å². The first-order valence-electron chi connectivity index (χ1n) is 7.00. The van der Waals surface area contributed by atoms with Crippen molar-refractivity contribution >= 4 is 11.6 Å². The van der Waals surface area contributed by atoms with Crippen molar-refractivity contribution in [2.75, 3.05) is 6.61 Å². The van der Waals surface area contributed by atoms with E-state index in [-0.39, 0.29) is 6.04 Å². The Bertz CT molecular complexity index is 660. The third-order valence-corrected chi connectivity index (χ3v) is 3.96. The van der Waals surface area contributed by atoms with Crippen molar-refractivity contribution in [1.29, 1.82) is 0 Å². The lowest BCUT2D eigenvalue weighted by atomic mass is 9.99. The zero-order chi connectivity index (χ0) is 14.8. The van der Waals surface area contributed by atoms with E-state index >= 15 is 0 Å². The van der Waals surface area contributed by atoms with Crippen LogP contribution < -0.4 is 16.0 Å². The number of nitrogens with two attached hydrogens (primary N) is 1. The average Bonchev–Trinajstić information content (AvgIpc) is 2.92. The molecule has 0 radical (unpaired) electrons. The molecule has 1 atom stereocenters. The number of aryl methyl sites for hydroxylation is 1. The van der Waals surface area contributed by atoms with Gasteiger partial charge in [-0.1, -0.05) is 11.6 Å². The molecule has 0 fully saturated rings. The maximum atomic E-state index is 6.20. The number of fused-ring (bicyclic) bond motifs is 1. The van der Waals surface area contributed by atoms with Crippen LogP contribution in [0.4, 0.5) is 0 Å². The zero-order valence-electron chi connectivity index (χ0n) is 11.9. The third-order valence-electron chi connectivity index (χ3n) is 3.74. The maximum Gasteiger partial charge on any atom is 0.125 e. The fourth-order valence-electron chi connectivity index (χ4n) is 2.72. The Labute approximate surface area is 129 Å². The van der Waals surface area contributed by atoms with Crippen molar-refractivity contribution in [2.45, 2.75) is 25.8 Å². The van der Waals surface area contributed by atoms with Crippen LogP contribution in [0, 0.1) is 6.92 Å². The highest BCUT2D eigenvalue weighted by Crippen LogP contribution is 2.35. The molecule has 21 heavy (non-hydrogen) atoms. The number of hydrazine groups is 1. The largest absolute Gasteiger partial charge is 0.493 e. The van der Waals surface area contributed by atoms with Gasteiger partial charge in [-0.05, 0) is 54.3 Å². The molecule has 1 aromatic carbocycles. The van der Waals surface area contributed by atoms with Gasteiger partial charge in [-0.25, -0.2) is 0 Å². The van der Waals surface area contributed by atoms with E-state index in [0.29, 0.717) is 13.0 Å². The second-order valence-electron chi connectivity index (χ2n) is 5.33. The summed E-state index contributed by atoms with van der Waals surface area (Å²) >= 11 is 6.20. The number of aromatic nitrogens is 1. The third kappa shape index (κ3) is 3.02. The Morgan fingerprint density at radius 2 is 2.29 bits per heavy atom. The Morgan fingerprint density at radius 3 is 3.05 bits per heavy atom. The molecule has 2 heterocycles. The van der Waals surface area contributed by atoms with Crippen LogP contribution in [-0.4, -0.2) is 11.6 Å². The fraction of sp³-hybridized carbons (Fsp3) is 0.312. The number of benzene rings is 1. The molecule has 5 heteroatoms. The Balaban J connectivity index is 1.91. The van der Waals surface area contributed by atoms with Gasteiger partial charge >= 0.3 is 0 Å². The minimum absolute atomic E-state index is 0.0725. The SMILES string of the molecule is Cc1ccnc(C(Cc2cc(Cl)cc3c2OCC3)NN)c1. The van der Waals surface area contributed by atoms with Crippen molar-refractivity contribution in [3.8, 4) is 5.75 Å². The summed E-state index contributed by atoms with van der Waals surface area (Å²) in [4.78, 5) is 4.41. The molecular formula is C16H18ClN3O. The van der Waals surface area contributed by atoms with E-state index in [1.165, 1.54) is 5.56 Å². The van der Waals surface area contributed by atoms with Crippen LogP contribution in [0.15, 0.2) is 30.5 Å². The van der Waals surface area contributed by atoms with Crippen LogP contribution in [-0.2, 0) is 12.8 Å². The topological polar surface area (TPSA) is 60.2 Å². The number of pyridine rings is 1. The van der Waals surface area contributed by atoms with E-state index < -0.39 is 0 Å². The van der Waals surface area contributed by atoms with Crippen molar-refractivity contribution < 1.29 is 4.74 Å². The number of nitrogens with one attached hydrogen (secondary N) is 1. The molecule has 1 aliphatic rings. The van der Waals surface area contributed by atoms with E-state index in [0.717, 1.165) is 34.0 Å². The van der Waals surface area contributed by atoms with E-state index in [2.05, 4.69) is 10.4 Å². The average molecular weight is 304 g/mol. The lowest BCUT2D eigenvalue weighted by Crippen LogP contribution is -2.30. The quantitative estimate of drug-likeness (QED) is 0.673. The number of hydrogen-bond donors (Lipinski definition) is 2. The lowest BCUT2D eigenvalue weighted by Gasteiger charge is -2.18. The Hall–Kier alpha value is -1.62. The number of halogens is 1. The fourth-order valence-corrected chi connectivity index (χ4v) is 2.98. The van der Waals surface area contributed by atoms with Gasteiger partial charge < -0.3 is 4.74 Å². The van der Waals surface area contributed by atoms with Crippen LogP contribution in [0.25, 0.3) is 0 Å². The van der Waals surface area contributed by atoms with Crippen LogP contribution in [0.1, 0.15) is 28.4 Å². The number of hydrogen-bond acceptors (Lipinski definition) is 4. The lowest BCUT2D eigenvalue weighted by molar-refractivity contribution is 0.351. The van der Waals surface area contributed by atoms with Gasteiger partial charge in [0.1, 0.15) is 5.75 Å². The summed E-state index contributed by atoms with van der Waals surface area (Å²) in [5, 5.41) is 0.738. The highest BCUT2D eigenvalue weighted by atomic mass is 35.5. The molecule has 0 bridgehead atoms. The number of ether oxygens (including phenoxy) is 1. The van der Waals surface area contributed by atoms with Crippen molar-refractivity contribution in [3.05, 3.63) is 57.9 Å². The van der Waals surface area contributed by atoms with Crippen LogP contribution in [0.5, 0.6) is 5.75 Å². The van der Waals surface area contributed by atoms with Gasteiger partial charge in [-0.2, -0.15) is 0 Å². The number of rotatable bonds is 4. The van der Waals surface area contributed by atoms with E-state index in [4.69, 9.17) is 22.2 Å². The van der Waals surface area contributed by atoms with Gasteiger partial charge in [0.25, 0.3) is 0 Å². The van der Waals surface area contributed by atoms with Crippen LogP contribution in [0.2, 0.25) is 5.02 Å². The van der Waals surface area contributed by atoms with Gasteiger partial charge in [0, 0.05) is 17.6 Å². The van der Waals surface area contributed by atoms with E-state index in [1.54, 1.807) is 6.20 Å². The standard InChI is InChI=1S/C16H18ClN3O/c1-10-2-4-19-14(6-10)15(20-18)9-12-8-13(17)7-11-3-5-21-16(11)12/h2,4,6-8,15,20H,3,5,9,18H2,1H3. The first-order valence-corrected chi connectivity index (χ1v) is 7.38. The van der Waals surface area contributed by atoms with Crippen LogP contribution >= 0.6 is 11.6 Å². The van der Waals surface area contributed by atoms with Gasteiger partial charge in [0.2, 0.25) is 0 Å². The van der Waals surface area contributed by atoms with E-state index in [9.17, 15) is 0 Å². The molecule has 2 aromatic rings. The van der Waals surface area contributed by atoms with Gasteiger partial charge in [-0.3, -0.25) is 16.3 Å².